The lowest BCUT2D eigenvalue weighted by Crippen LogP contribution is -2.50. The van der Waals surface area contributed by atoms with Crippen LogP contribution in [0.25, 0.3) is 11.3 Å². The van der Waals surface area contributed by atoms with E-state index < -0.39 is 5.82 Å². The molecule has 2 amide bonds. The van der Waals surface area contributed by atoms with Crippen molar-refractivity contribution >= 4 is 17.5 Å². The molecular weight excluding hydrogens is 529 g/mol. The number of methoxy groups -OCH3 is 1. The molecule has 13 heteroatoms. The highest BCUT2D eigenvalue weighted by molar-refractivity contribution is 5.94. The number of nitrogens with zero attached hydrogens (tertiary/aromatic N) is 6. The fourth-order valence-corrected chi connectivity index (χ4v) is 6.29. The number of carbonyl (C=O) groups excluding carboxylic acids is 2. The Morgan fingerprint density at radius 1 is 1.17 bits per heavy atom. The summed E-state index contributed by atoms with van der Waals surface area (Å²) < 4.78 is 19.5. The van der Waals surface area contributed by atoms with Crippen molar-refractivity contribution in [1.82, 2.24) is 40.7 Å². The zero-order valence-electron chi connectivity index (χ0n) is 22.8. The molecule has 4 aliphatic rings. The molecule has 7 rings (SSSR count). The third-order valence-corrected chi connectivity index (χ3v) is 8.83. The number of piperazine rings is 1. The summed E-state index contributed by atoms with van der Waals surface area (Å²) in [6.07, 6.45) is 8.77. The molecule has 0 radical (unpaired) electrons. The van der Waals surface area contributed by atoms with Gasteiger partial charge in [-0.2, -0.15) is 5.10 Å². The molecule has 3 atom stereocenters. The van der Waals surface area contributed by atoms with Crippen LogP contribution in [0.1, 0.15) is 48.4 Å². The molecule has 1 spiro atoms. The standard InChI is InChI=1S/C28H32FN9O3/c1-41-25-8-18(19(29)14-33-25)20-9-22(36-35-20)27(40)38-6-2-16(11-28(38)3-4-28)26(39)34-15-24-31-12-17(13-32-24)37-7-5-30-21-10-23(21)37/h8-9,12-14,16,21,23,30H,2-7,10-11,15H2,1H3,(H,34,39)(H,35,36)/t16?,21-,23+/m0/s1. The second-order valence-corrected chi connectivity index (χ2v) is 11.4. The topological polar surface area (TPSA) is 141 Å². The van der Waals surface area contributed by atoms with Gasteiger partial charge in [0.25, 0.3) is 5.91 Å². The monoisotopic (exact) mass is 561 g/mol. The van der Waals surface area contributed by atoms with Gasteiger partial charge < -0.3 is 25.2 Å². The van der Waals surface area contributed by atoms with Crippen LogP contribution in [0.5, 0.6) is 5.88 Å². The van der Waals surface area contributed by atoms with Crippen LogP contribution in [0.2, 0.25) is 0 Å². The minimum atomic E-state index is -0.556. The van der Waals surface area contributed by atoms with Gasteiger partial charge in [0.1, 0.15) is 11.5 Å². The van der Waals surface area contributed by atoms with E-state index in [2.05, 4.69) is 40.7 Å². The Balaban J connectivity index is 0.955. The quantitative estimate of drug-likeness (QED) is 0.393. The highest BCUT2D eigenvalue weighted by atomic mass is 19.1. The Bertz CT molecular complexity index is 1470. The number of hydrogen-bond acceptors (Lipinski definition) is 9. The van der Waals surface area contributed by atoms with Gasteiger partial charge in [-0.1, -0.05) is 0 Å². The van der Waals surface area contributed by atoms with Crippen molar-refractivity contribution in [2.75, 3.05) is 31.6 Å². The number of fused-ring (bicyclic) bond motifs is 1. The molecule has 0 bridgehead atoms. The first-order valence-corrected chi connectivity index (χ1v) is 14.1. The van der Waals surface area contributed by atoms with Gasteiger partial charge in [-0.15, -0.1) is 0 Å². The van der Waals surface area contributed by atoms with Crippen LogP contribution in [-0.4, -0.2) is 86.2 Å². The Labute approximate surface area is 236 Å². The molecular formula is C28H32FN9O3. The molecule has 2 saturated heterocycles. The van der Waals surface area contributed by atoms with Crippen LogP contribution >= 0.6 is 0 Å². The van der Waals surface area contributed by atoms with Gasteiger partial charge in [0.2, 0.25) is 11.8 Å². The average molecular weight is 562 g/mol. The normalized spacial score (nSPS) is 24.1. The number of hydrogen-bond donors (Lipinski definition) is 3. The van der Waals surface area contributed by atoms with E-state index >= 15 is 0 Å². The number of likely N-dealkylation sites (tertiary alicyclic amines) is 1. The molecule has 3 aromatic heterocycles. The van der Waals surface area contributed by atoms with Crippen molar-refractivity contribution < 1.29 is 18.7 Å². The first-order chi connectivity index (χ1) is 19.9. The van der Waals surface area contributed by atoms with Crippen LogP contribution in [0.15, 0.2) is 30.7 Å². The summed E-state index contributed by atoms with van der Waals surface area (Å²) in [6, 6.07) is 4.11. The molecule has 2 aliphatic carbocycles. The molecule has 3 aromatic rings. The first kappa shape index (κ1) is 25.8. The van der Waals surface area contributed by atoms with Crippen molar-refractivity contribution in [3.63, 3.8) is 0 Å². The van der Waals surface area contributed by atoms with Crippen molar-refractivity contribution in [1.29, 1.82) is 0 Å². The number of anilines is 1. The summed E-state index contributed by atoms with van der Waals surface area (Å²) in [7, 11) is 1.45. The molecule has 41 heavy (non-hydrogen) atoms. The third kappa shape index (κ3) is 4.88. The minimum Gasteiger partial charge on any atom is -0.481 e. The highest BCUT2D eigenvalue weighted by Crippen LogP contribution is 2.50. The maximum atomic E-state index is 14.4. The average Bonchev–Trinajstić information content (AvgIpc) is 3.91. The van der Waals surface area contributed by atoms with Crippen molar-refractivity contribution in [2.24, 2.45) is 5.92 Å². The van der Waals surface area contributed by atoms with E-state index in [1.54, 1.807) is 6.07 Å². The van der Waals surface area contributed by atoms with Crippen LogP contribution in [0, 0.1) is 11.7 Å². The lowest BCUT2D eigenvalue weighted by Gasteiger charge is -2.39. The maximum absolute atomic E-state index is 14.4. The largest absolute Gasteiger partial charge is 0.481 e. The van der Waals surface area contributed by atoms with Gasteiger partial charge in [0.15, 0.2) is 5.82 Å². The highest BCUT2D eigenvalue weighted by Gasteiger charge is 2.54. The number of rotatable bonds is 7. The molecule has 1 unspecified atom stereocenters. The van der Waals surface area contributed by atoms with Crippen LogP contribution in [-0.2, 0) is 11.3 Å². The summed E-state index contributed by atoms with van der Waals surface area (Å²) >= 11 is 0. The van der Waals surface area contributed by atoms with Crippen LogP contribution in [0.4, 0.5) is 10.1 Å². The number of aromatic amines is 1. The van der Waals surface area contributed by atoms with E-state index in [4.69, 9.17) is 4.74 Å². The number of halogens is 1. The third-order valence-electron chi connectivity index (χ3n) is 8.83. The number of ether oxygens (including phenoxy) is 1. The predicted molar refractivity (Wildman–Crippen MR) is 145 cm³/mol. The van der Waals surface area contributed by atoms with E-state index in [1.165, 1.54) is 13.2 Å². The predicted octanol–water partition coefficient (Wildman–Crippen LogP) is 1.66. The lowest BCUT2D eigenvalue weighted by atomic mass is 9.88. The number of piperidine rings is 1. The Kier molecular flexibility index (Phi) is 6.33. The minimum absolute atomic E-state index is 0.0371. The zero-order chi connectivity index (χ0) is 28.1. The molecule has 12 nitrogen and oxygen atoms in total. The second kappa shape index (κ2) is 10.1. The molecule has 214 valence electrons. The lowest BCUT2D eigenvalue weighted by molar-refractivity contribution is -0.127. The van der Waals surface area contributed by atoms with E-state index in [0.29, 0.717) is 43.0 Å². The van der Waals surface area contributed by atoms with Crippen molar-refractivity contribution in [3.05, 3.63) is 48.1 Å². The number of nitrogens with one attached hydrogen (secondary N) is 3. The fourth-order valence-electron chi connectivity index (χ4n) is 6.29. The maximum Gasteiger partial charge on any atom is 0.272 e. The Morgan fingerprint density at radius 2 is 2.00 bits per heavy atom. The molecule has 4 fully saturated rings. The summed E-state index contributed by atoms with van der Waals surface area (Å²) in [6.45, 7) is 2.64. The molecule has 2 saturated carbocycles. The van der Waals surface area contributed by atoms with Gasteiger partial charge in [0, 0.05) is 54.8 Å². The summed E-state index contributed by atoms with van der Waals surface area (Å²) in [4.78, 5) is 43.6. The van der Waals surface area contributed by atoms with E-state index in [1.807, 2.05) is 17.3 Å². The van der Waals surface area contributed by atoms with E-state index in [-0.39, 0.29) is 47.0 Å². The zero-order valence-corrected chi connectivity index (χ0v) is 22.8. The molecule has 2 aliphatic heterocycles. The van der Waals surface area contributed by atoms with Gasteiger partial charge in [-0.3, -0.25) is 14.7 Å². The van der Waals surface area contributed by atoms with Gasteiger partial charge in [-0.25, -0.2) is 19.3 Å². The Hall–Kier alpha value is -4.13. The summed E-state index contributed by atoms with van der Waals surface area (Å²) in [5, 5.41) is 13.4. The van der Waals surface area contributed by atoms with Crippen LogP contribution in [0.3, 0.4) is 0 Å². The summed E-state index contributed by atoms with van der Waals surface area (Å²) in [5.74, 6) is -0.147. The summed E-state index contributed by atoms with van der Waals surface area (Å²) in [5.41, 5.74) is 1.46. The number of amides is 2. The fraction of sp³-hybridized carbons (Fsp3) is 0.500. The number of pyridine rings is 1. The van der Waals surface area contributed by atoms with Gasteiger partial charge in [0.05, 0.1) is 43.6 Å². The molecule has 5 heterocycles. The van der Waals surface area contributed by atoms with Crippen molar-refractivity contribution in [2.45, 2.75) is 56.3 Å². The van der Waals surface area contributed by atoms with Gasteiger partial charge >= 0.3 is 0 Å². The molecule has 0 aromatic carbocycles. The van der Waals surface area contributed by atoms with E-state index in [0.717, 1.165) is 44.2 Å². The SMILES string of the molecule is COc1cc(-c2cc(C(=O)N3CCC(C(=O)NCc4ncc(N5CCN[C@H]6C[C@H]65)cn4)CC34CC4)[nH]n2)c(F)cn1. The smallest absolute Gasteiger partial charge is 0.272 e. The second-order valence-electron chi connectivity index (χ2n) is 11.4. The Morgan fingerprint density at radius 3 is 2.78 bits per heavy atom. The molecule has 3 N–H and O–H groups in total. The van der Waals surface area contributed by atoms with Crippen LogP contribution < -0.4 is 20.3 Å². The van der Waals surface area contributed by atoms with Gasteiger partial charge in [-0.05, 0) is 38.2 Å². The number of carbonyl (C=O) groups is 2. The van der Waals surface area contributed by atoms with Crippen molar-refractivity contribution in [3.8, 4) is 17.1 Å². The number of H-pyrrole nitrogens is 1. The number of aromatic nitrogens is 5. The van der Waals surface area contributed by atoms with E-state index in [9.17, 15) is 14.0 Å². The first-order valence-electron chi connectivity index (χ1n) is 14.1.